The Morgan fingerprint density at radius 3 is 2.04 bits per heavy atom. The van der Waals surface area contributed by atoms with Crippen LogP contribution in [0.4, 0.5) is 4.79 Å². The first-order chi connectivity index (χ1) is 11.0. The molecular weight excluding hydrogens is 312 g/mol. The predicted octanol–water partition coefficient (Wildman–Crippen LogP) is 2.38. The summed E-state index contributed by atoms with van der Waals surface area (Å²) < 4.78 is 9.92. The monoisotopic (exact) mass is 344 g/mol. The maximum Gasteiger partial charge on any atom is 0.408 e. The molecule has 0 radical (unpaired) electrons. The number of carbonyl (C=O) groups excluding carboxylic acids is 3. The number of esters is 1. The first-order valence-corrected chi connectivity index (χ1v) is 8.37. The van der Waals surface area contributed by atoms with Gasteiger partial charge in [-0.05, 0) is 39.5 Å². The predicted molar refractivity (Wildman–Crippen MR) is 91.5 cm³/mol. The summed E-state index contributed by atoms with van der Waals surface area (Å²) in [4.78, 5) is 36.2. The van der Waals surface area contributed by atoms with E-state index in [0.717, 1.165) is 0 Å². The van der Waals surface area contributed by atoms with Crippen LogP contribution in [0.3, 0.4) is 0 Å². The molecule has 2 amide bonds. The average Bonchev–Trinajstić information content (AvgIpc) is 2.42. The third-order valence-electron chi connectivity index (χ3n) is 3.09. The van der Waals surface area contributed by atoms with E-state index in [2.05, 4.69) is 10.6 Å². The van der Waals surface area contributed by atoms with Crippen LogP contribution in [0.2, 0.25) is 0 Å². The minimum atomic E-state index is -0.760. The van der Waals surface area contributed by atoms with Crippen LogP contribution in [0.1, 0.15) is 60.8 Å². The molecule has 0 bridgehead atoms. The SMILES string of the molecule is CCC[C@@H](NC(=O)OC(C)(C)C)C(=O)N[C@@H](CC(C)C)C(=O)OC. The molecule has 0 aliphatic rings. The van der Waals surface area contributed by atoms with Crippen molar-refractivity contribution in [3.63, 3.8) is 0 Å². The van der Waals surface area contributed by atoms with Crippen LogP contribution in [-0.4, -0.2) is 42.8 Å². The Balaban J connectivity index is 4.92. The molecule has 7 heteroatoms. The maximum absolute atomic E-state index is 12.5. The van der Waals surface area contributed by atoms with Crippen LogP contribution in [0.5, 0.6) is 0 Å². The van der Waals surface area contributed by atoms with Gasteiger partial charge >= 0.3 is 12.1 Å². The highest BCUT2D eigenvalue weighted by Gasteiger charge is 2.28. The molecule has 0 aromatic carbocycles. The lowest BCUT2D eigenvalue weighted by Gasteiger charge is -2.25. The van der Waals surface area contributed by atoms with E-state index in [0.29, 0.717) is 19.3 Å². The lowest BCUT2D eigenvalue weighted by atomic mass is 10.0. The summed E-state index contributed by atoms with van der Waals surface area (Å²) in [7, 11) is 1.28. The first kappa shape index (κ1) is 22.2. The van der Waals surface area contributed by atoms with Gasteiger partial charge in [0.25, 0.3) is 0 Å². The molecule has 24 heavy (non-hydrogen) atoms. The highest BCUT2D eigenvalue weighted by molar-refractivity contribution is 5.89. The van der Waals surface area contributed by atoms with Gasteiger partial charge in [-0.3, -0.25) is 4.79 Å². The third kappa shape index (κ3) is 9.37. The Labute approximate surface area is 144 Å². The lowest BCUT2D eigenvalue weighted by molar-refractivity contribution is -0.145. The normalized spacial score (nSPS) is 13.8. The van der Waals surface area contributed by atoms with E-state index in [4.69, 9.17) is 9.47 Å². The zero-order chi connectivity index (χ0) is 18.9. The second kappa shape index (κ2) is 10.2. The Kier molecular flexibility index (Phi) is 9.40. The fourth-order valence-electron chi connectivity index (χ4n) is 2.11. The van der Waals surface area contributed by atoms with Gasteiger partial charge in [-0.1, -0.05) is 27.2 Å². The van der Waals surface area contributed by atoms with E-state index in [1.165, 1.54) is 7.11 Å². The van der Waals surface area contributed by atoms with Crippen molar-refractivity contribution in [2.75, 3.05) is 7.11 Å². The number of carbonyl (C=O) groups is 3. The van der Waals surface area contributed by atoms with Crippen molar-refractivity contribution in [3.05, 3.63) is 0 Å². The molecule has 0 aliphatic carbocycles. The molecule has 0 rings (SSSR count). The number of ether oxygens (including phenoxy) is 2. The molecule has 0 saturated carbocycles. The molecule has 2 atom stereocenters. The zero-order valence-corrected chi connectivity index (χ0v) is 15.9. The van der Waals surface area contributed by atoms with E-state index in [1.54, 1.807) is 20.8 Å². The van der Waals surface area contributed by atoms with Crippen LogP contribution < -0.4 is 10.6 Å². The largest absolute Gasteiger partial charge is 0.467 e. The van der Waals surface area contributed by atoms with Crippen molar-refractivity contribution in [3.8, 4) is 0 Å². The molecule has 140 valence electrons. The summed E-state index contributed by atoms with van der Waals surface area (Å²) in [5, 5.41) is 5.23. The minimum Gasteiger partial charge on any atom is -0.467 e. The van der Waals surface area contributed by atoms with Gasteiger partial charge in [0, 0.05) is 0 Å². The van der Waals surface area contributed by atoms with Gasteiger partial charge in [-0.25, -0.2) is 9.59 Å². The smallest absolute Gasteiger partial charge is 0.408 e. The molecule has 0 aliphatic heterocycles. The van der Waals surface area contributed by atoms with E-state index >= 15 is 0 Å². The Bertz CT molecular complexity index is 429. The summed E-state index contributed by atoms with van der Waals surface area (Å²) in [6, 6.07) is -1.49. The lowest BCUT2D eigenvalue weighted by Crippen LogP contribution is -2.52. The quantitative estimate of drug-likeness (QED) is 0.659. The average molecular weight is 344 g/mol. The van der Waals surface area contributed by atoms with Gasteiger partial charge in [0.05, 0.1) is 7.11 Å². The van der Waals surface area contributed by atoms with Crippen molar-refractivity contribution in [2.45, 2.75) is 78.5 Å². The summed E-state index contributed by atoms with van der Waals surface area (Å²) in [5.41, 5.74) is -0.649. The number of hydrogen-bond donors (Lipinski definition) is 2. The minimum absolute atomic E-state index is 0.206. The molecule has 0 aromatic heterocycles. The van der Waals surface area contributed by atoms with Crippen LogP contribution in [0.25, 0.3) is 0 Å². The molecule has 0 fully saturated rings. The van der Waals surface area contributed by atoms with Gasteiger partial charge in [0.1, 0.15) is 17.7 Å². The summed E-state index contributed by atoms with van der Waals surface area (Å²) in [5.74, 6) is -0.707. The number of amides is 2. The summed E-state index contributed by atoms with van der Waals surface area (Å²) in [6.45, 7) is 11.0. The number of alkyl carbamates (subject to hydrolysis) is 1. The highest BCUT2D eigenvalue weighted by Crippen LogP contribution is 2.09. The zero-order valence-electron chi connectivity index (χ0n) is 15.9. The molecule has 0 aromatic rings. The van der Waals surface area contributed by atoms with Crippen molar-refractivity contribution < 1.29 is 23.9 Å². The molecule has 0 unspecified atom stereocenters. The van der Waals surface area contributed by atoms with Gasteiger partial charge < -0.3 is 20.1 Å². The number of rotatable bonds is 8. The van der Waals surface area contributed by atoms with Crippen LogP contribution >= 0.6 is 0 Å². The van der Waals surface area contributed by atoms with Crippen LogP contribution in [-0.2, 0) is 19.1 Å². The van der Waals surface area contributed by atoms with E-state index < -0.39 is 35.7 Å². The second-order valence-electron chi connectivity index (χ2n) is 7.20. The third-order valence-corrected chi connectivity index (χ3v) is 3.09. The van der Waals surface area contributed by atoms with Crippen molar-refractivity contribution in [1.82, 2.24) is 10.6 Å². The number of methoxy groups -OCH3 is 1. The fraction of sp³-hybridized carbons (Fsp3) is 0.824. The van der Waals surface area contributed by atoms with Gasteiger partial charge in [-0.2, -0.15) is 0 Å². The fourth-order valence-corrected chi connectivity index (χ4v) is 2.11. The Morgan fingerprint density at radius 2 is 1.62 bits per heavy atom. The Hall–Kier alpha value is -1.79. The summed E-state index contributed by atoms with van der Waals surface area (Å²) in [6.07, 6.45) is 0.945. The molecule has 0 spiro atoms. The van der Waals surface area contributed by atoms with Gasteiger partial charge in [0.15, 0.2) is 0 Å². The Morgan fingerprint density at radius 1 is 1.04 bits per heavy atom. The van der Waals surface area contributed by atoms with E-state index in [-0.39, 0.29) is 5.92 Å². The van der Waals surface area contributed by atoms with Gasteiger partial charge in [-0.15, -0.1) is 0 Å². The summed E-state index contributed by atoms with van der Waals surface area (Å²) >= 11 is 0. The van der Waals surface area contributed by atoms with Crippen molar-refractivity contribution in [1.29, 1.82) is 0 Å². The van der Waals surface area contributed by atoms with Crippen LogP contribution in [0, 0.1) is 5.92 Å². The molecular formula is C17H32N2O5. The van der Waals surface area contributed by atoms with E-state index in [9.17, 15) is 14.4 Å². The molecule has 2 N–H and O–H groups in total. The van der Waals surface area contributed by atoms with Crippen LogP contribution in [0.15, 0.2) is 0 Å². The standard InChI is InChI=1S/C17H32N2O5/c1-8-9-12(19-16(22)24-17(4,5)6)14(20)18-13(10-11(2)3)15(21)23-7/h11-13H,8-10H2,1-7H3,(H,18,20)(H,19,22)/t12-,13+/m1/s1. The maximum atomic E-state index is 12.5. The van der Waals surface area contributed by atoms with Crippen molar-refractivity contribution >= 4 is 18.0 Å². The van der Waals surface area contributed by atoms with Crippen molar-refractivity contribution in [2.24, 2.45) is 5.92 Å². The first-order valence-electron chi connectivity index (χ1n) is 8.37. The second-order valence-corrected chi connectivity index (χ2v) is 7.20. The number of hydrogen-bond acceptors (Lipinski definition) is 5. The molecule has 0 saturated heterocycles. The van der Waals surface area contributed by atoms with E-state index in [1.807, 2.05) is 20.8 Å². The van der Waals surface area contributed by atoms with Gasteiger partial charge in [0.2, 0.25) is 5.91 Å². The molecule has 7 nitrogen and oxygen atoms in total. The highest BCUT2D eigenvalue weighted by atomic mass is 16.6. The topological polar surface area (TPSA) is 93.7 Å². The molecule has 0 heterocycles. The number of nitrogens with one attached hydrogen (secondary N) is 2.